The van der Waals surface area contributed by atoms with Crippen LogP contribution in [0.5, 0.6) is 0 Å². The van der Waals surface area contributed by atoms with Crippen LogP contribution < -0.4 is 11.1 Å². The van der Waals surface area contributed by atoms with E-state index in [0.29, 0.717) is 18.8 Å². The van der Waals surface area contributed by atoms with E-state index in [9.17, 15) is 4.79 Å². The summed E-state index contributed by atoms with van der Waals surface area (Å²) < 4.78 is 0. The second-order valence-corrected chi connectivity index (χ2v) is 4.68. The Morgan fingerprint density at radius 3 is 2.16 bits per heavy atom. The highest BCUT2D eigenvalue weighted by molar-refractivity contribution is 5.89. The van der Waals surface area contributed by atoms with Crippen molar-refractivity contribution in [1.82, 2.24) is 4.90 Å². The minimum absolute atomic E-state index is 0.0824. The third kappa shape index (κ3) is 2.38. The lowest BCUT2D eigenvalue weighted by molar-refractivity contribution is 0.212. The zero-order chi connectivity index (χ0) is 13.2. The summed E-state index contributed by atoms with van der Waals surface area (Å²) in [6.45, 7) is 1.33. The van der Waals surface area contributed by atoms with E-state index >= 15 is 0 Å². The highest BCUT2D eigenvalue weighted by atomic mass is 16.2. The summed E-state index contributed by atoms with van der Waals surface area (Å²) in [4.78, 5) is 13.9. The average Bonchev–Trinajstić information content (AvgIpc) is 2.85. The van der Waals surface area contributed by atoms with E-state index in [-0.39, 0.29) is 6.03 Å². The Kier molecular flexibility index (Phi) is 2.83. The lowest BCUT2D eigenvalue weighted by Crippen LogP contribution is -2.30. The number of rotatable bonds is 1. The quantitative estimate of drug-likeness (QED) is 0.768. The monoisotopic (exact) mass is 253 g/mol. The number of hydrogen-bond donors (Lipinski definition) is 2. The number of carbonyl (C=O) groups excluding carboxylic acids is 1. The molecule has 3 rings (SSSR count). The molecule has 4 heteroatoms. The Morgan fingerprint density at radius 2 is 1.58 bits per heavy atom. The molecular weight excluding hydrogens is 238 g/mol. The molecule has 0 saturated carbocycles. The van der Waals surface area contributed by atoms with E-state index in [4.69, 9.17) is 5.73 Å². The molecule has 1 aliphatic heterocycles. The lowest BCUT2D eigenvalue weighted by Gasteiger charge is -2.16. The molecule has 0 atom stereocenters. The molecule has 0 unspecified atom stereocenters. The number of nitrogens with two attached hydrogens (primary N) is 1. The first-order chi connectivity index (χ1) is 9.22. The first-order valence-electron chi connectivity index (χ1n) is 6.20. The maximum atomic E-state index is 12.2. The zero-order valence-corrected chi connectivity index (χ0v) is 10.5. The Labute approximate surface area is 111 Å². The van der Waals surface area contributed by atoms with Crippen molar-refractivity contribution in [2.45, 2.75) is 13.1 Å². The lowest BCUT2D eigenvalue weighted by atomic mass is 10.1. The predicted octanol–water partition coefficient (Wildman–Crippen LogP) is 2.82. The van der Waals surface area contributed by atoms with Gasteiger partial charge in [-0.15, -0.1) is 0 Å². The number of urea groups is 1. The van der Waals surface area contributed by atoms with E-state index in [0.717, 1.165) is 5.69 Å². The minimum atomic E-state index is -0.0824. The molecule has 0 aliphatic carbocycles. The van der Waals surface area contributed by atoms with Crippen molar-refractivity contribution in [2.24, 2.45) is 0 Å². The molecule has 2 amide bonds. The molecule has 0 aromatic heterocycles. The molecule has 0 fully saturated rings. The number of carbonyl (C=O) groups is 1. The van der Waals surface area contributed by atoms with Crippen molar-refractivity contribution in [3.63, 3.8) is 0 Å². The van der Waals surface area contributed by atoms with Gasteiger partial charge in [0.2, 0.25) is 0 Å². The molecule has 0 bridgehead atoms. The summed E-state index contributed by atoms with van der Waals surface area (Å²) in [6, 6.07) is 15.2. The Morgan fingerprint density at radius 1 is 1.00 bits per heavy atom. The Bertz CT molecular complexity index is 582. The number of nitrogens with zero attached hydrogens (tertiary/aromatic N) is 1. The fourth-order valence-electron chi connectivity index (χ4n) is 2.25. The average molecular weight is 253 g/mol. The van der Waals surface area contributed by atoms with Crippen molar-refractivity contribution in [2.75, 3.05) is 11.1 Å². The van der Waals surface area contributed by atoms with Gasteiger partial charge in [0.05, 0.1) is 0 Å². The van der Waals surface area contributed by atoms with E-state index < -0.39 is 0 Å². The van der Waals surface area contributed by atoms with Crippen LogP contribution in [0.3, 0.4) is 0 Å². The van der Waals surface area contributed by atoms with Crippen LogP contribution in [0.2, 0.25) is 0 Å². The van der Waals surface area contributed by atoms with Crippen LogP contribution in [-0.2, 0) is 13.1 Å². The van der Waals surface area contributed by atoms with Gasteiger partial charge in [-0.25, -0.2) is 4.79 Å². The number of nitrogens with one attached hydrogen (secondary N) is 1. The summed E-state index contributed by atoms with van der Waals surface area (Å²) >= 11 is 0. The molecule has 0 spiro atoms. The molecular formula is C15H15N3O. The molecule has 4 nitrogen and oxygen atoms in total. The number of benzene rings is 2. The van der Waals surface area contributed by atoms with Crippen LogP contribution in [-0.4, -0.2) is 10.9 Å². The van der Waals surface area contributed by atoms with Gasteiger partial charge in [0.1, 0.15) is 0 Å². The first kappa shape index (κ1) is 11.6. The maximum Gasteiger partial charge on any atom is 0.322 e. The van der Waals surface area contributed by atoms with Crippen LogP contribution in [0.15, 0.2) is 48.5 Å². The standard InChI is InChI=1S/C15H15N3O/c16-13-5-7-14(8-6-13)17-15(19)18-9-11-3-1-2-4-12(11)10-18/h1-8H,9-10,16H2,(H,17,19). The summed E-state index contributed by atoms with van der Waals surface area (Å²) in [5.74, 6) is 0. The third-order valence-corrected chi connectivity index (χ3v) is 3.29. The van der Waals surface area contributed by atoms with Gasteiger partial charge in [-0.05, 0) is 35.4 Å². The summed E-state index contributed by atoms with van der Waals surface area (Å²) in [7, 11) is 0. The number of nitrogen functional groups attached to an aromatic ring is 1. The number of hydrogen-bond acceptors (Lipinski definition) is 2. The van der Waals surface area contributed by atoms with Crippen molar-refractivity contribution in [3.05, 3.63) is 59.7 Å². The van der Waals surface area contributed by atoms with Crippen LogP contribution in [0.25, 0.3) is 0 Å². The summed E-state index contributed by atoms with van der Waals surface area (Å²) in [5.41, 5.74) is 9.50. The second kappa shape index (κ2) is 4.65. The molecule has 3 N–H and O–H groups in total. The Balaban J connectivity index is 1.68. The molecule has 2 aromatic rings. The van der Waals surface area contributed by atoms with Crippen molar-refractivity contribution in [1.29, 1.82) is 0 Å². The van der Waals surface area contributed by atoms with E-state index in [1.807, 2.05) is 12.1 Å². The van der Waals surface area contributed by atoms with Crippen LogP contribution in [0.4, 0.5) is 16.2 Å². The van der Waals surface area contributed by atoms with Gasteiger partial charge in [-0.3, -0.25) is 0 Å². The smallest absolute Gasteiger partial charge is 0.322 e. The van der Waals surface area contributed by atoms with Gasteiger partial charge in [-0.1, -0.05) is 24.3 Å². The van der Waals surface area contributed by atoms with E-state index in [2.05, 4.69) is 17.4 Å². The fraction of sp³-hybridized carbons (Fsp3) is 0.133. The van der Waals surface area contributed by atoms with Gasteiger partial charge >= 0.3 is 6.03 Å². The molecule has 2 aromatic carbocycles. The summed E-state index contributed by atoms with van der Waals surface area (Å²) in [5, 5.41) is 2.88. The maximum absolute atomic E-state index is 12.2. The summed E-state index contributed by atoms with van der Waals surface area (Å²) in [6.07, 6.45) is 0. The van der Waals surface area contributed by atoms with Crippen LogP contribution in [0, 0.1) is 0 Å². The molecule has 1 aliphatic rings. The highest BCUT2D eigenvalue weighted by Gasteiger charge is 2.22. The van der Waals surface area contributed by atoms with Crippen molar-refractivity contribution < 1.29 is 4.79 Å². The zero-order valence-electron chi connectivity index (χ0n) is 10.5. The number of fused-ring (bicyclic) bond motifs is 1. The van der Waals surface area contributed by atoms with Crippen LogP contribution in [0.1, 0.15) is 11.1 Å². The van der Waals surface area contributed by atoms with Crippen molar-refractivity contribution >= 4 is 17.4 Å². The number of amides is 2. The van der Waals surface area contributed by atoms with Gasteiger partial charge < -0.3 is 16.0 Å². The molecule has 0 radical (unpaired) electrons. The number of anilines is 2. The van der Waals surface area contributed by atoms with E-state index in [1.54, 1.807) is 29.2 Å². The first-order valence-corrected chi connectivity index (χ1v) is 6.20. The largest absolute Gasteiger partial charge is 0.399 e. The normalized spacial score (nSPS) is 13.2. The highest BCUT2D eigenvalue weighted by Crippen LogP contribution is 2.23. The predicted molar refractivity (Wildman–Crippen MR) is 75.6 cm³/mol. The van der Waals surface area contributed by atoms with Gasteiger partial charge in [0, 0.05) is 24.5 Å². The molecule has 1 heterocycles. The molecule has 0 saturated heterocycles. The van der Waals surface area contributed by atoms with Crippen molar-refractivity contribution in [3.8, 4) is 0 Å². The minimum Gasteiger partial charge on any atom is -0.399 e. The molecule has 96 valence electrons. The second-order valence-electron chi connectivity index (χ2n) is 4.68. The van der Waals surface area contributed by atoms with Gasteiger partial charge in [0.15, 0.2) is 0 Å². The molecule has 19 heavy (non-hydrogen) atoms. The third-order valence-electron chi connectivity index (χ3n) is 3.29. The SMILES string of the molecule is Nc1ccc(NC(=O)N2Cc3ccccc3C2)cc1. The van der Waals surface area contributed by atoms with E-state index in [1.165, 1.54) is 11.1 Å². The topological polar surface area (TPSA) is 58.4 Å². The fourth-order valence-corrected chi connectivity index (χ4v) is 2.25. The van der Waals surface area contributed by atoms with Gasteiger partial charge in [-0.2, -0.15) is 0 Å². The Hall–Kier alpha value is -2.49. The van der Waals surface area contributed by atoms with Gasteiger partial charge in [0.25, 0.3) is 0 Å². The van der Waals surface area contributed by atoms with Crippen LogP contribution >= 0.6 is 0 Å².